The van der Waals surface area contributed by atoms with Crippen molar-refractivity contribution in [2.75, 3.05) is 13.2 Å². The van der Waals surface area contributed by atoms with Crippen molar-refractivity contribution in [3.05, 3.63) is 52.2 Å². The van der Waals surface area contributed by atoms with Crippen molar-refractivity contribution in [3.8, 4) is 5.75 Å². The van der Waals surface area contributed by atoms with Crippen molar-refractivity contribution < 1.29 is 14.6 Å². The number of nitrogens with one attached hydrogen (secondary N) is 1. The lowest BCUT2D eigenvalue weighted by atomic mass is 10.2. The molecule has 1 aromatic heterocycles. The Morgan fingerprint density at radius 2 is 2.14 bits per heavy atom. The summed E-state index contributed by atoms with van der Waals surface area (Å²) >= 11 is 1.76. The molecule has 2 rings (SSSR count). The molecule has 0 aliphatic heterocycles. The van der Waals surface area contributed by atoms with Gasteiger partial charge in [0, 0.05) is 17.5 Å². The minimum absolute atomic E-state index is 0.198. The van der Waals surface area contributed by atoms with E-state index in [4.69, 9.17) is 9.84 Å². The molecule has 1 aromatic carbocycles. The minimum Gasteiger partial charge on any atom is -0.491 e. The summed E-state index contributed by atoms with van der Waals surface area (Å²) in [7, 11) is 0. The molecule has 0 saturated heterocycles. The van der Waals surface area contributed by atoms with Crippen LogP contribution in [-0.4, -0.2) is 30.3 Å². The maximum Gasteiger partial charge on any atom is 0.339 e. The fourth-order valence-corrected chi connectivity index (χ4v) is 2.87. The summed E-state index contributed by atoms with van der Waals surface area (Å²) in [5.74, 6) is -0.553. The van der Waals surface area contributed by atoms with Gasteiger partial charge in [-0.05, 0) is 36.9 Å². The highest BCUT2D eigenvalue weighted by Crippen LogP contribution is 2.17. The largest absolute Gasteiger partial charge is 0.491 e. The normalized spacial score (nSPS) is 12.0. The number of benzene rings is 1. The summed E-state index contributed by atoms with van der Waals surface area (Å²) in [5.41, 5.74) is 0.198. The van der Waals surface area contributed by atoms with E-state index in [-0.39, 0.29) is 5.56 Å². The molecular weight excluding hydrogens is 286 g/mol. The number of carboxylic acid groups (broad SMARTS) is 1. The predicted molar refractivity (Wildman–Crippen MR) is 84.4 cm³/mol. The number of para-hydroxylation sites is 1. The van der Waals surface area contributed by atoms with Gasteiger partial charge in [-0.1, -0.05) is 18.2 Å². The van der Waals surface area contributed by atoms with Crippen molar-refractivity contribution >= 4 is 17.3 Å². The number of carboxylic acids is 1. The van der Waals surface area contributed by atoms with Gasteiger partial charge in [-0.25, -0.2) is 4.79 Å². The second kappa shape index (κ2) is 7.81. The van der Waals surface area contributed by atoms with Crippen LogP contribution in [0, 0.1) is 0 Å². The quantitative estimate of drug-likeness (QED) is 0.736. The fourth-order valence-electron chi connectivity index (χ4n) is 2.04. The summed E-state index contributed by atoms with van der Waals surface area (Å²) in [4.78, 5) is 12.4. The van der Waals surface area contributed by atoms with Crippen LogP contribution in [0.3, 0.4) is 0 Å². The lowest BCUT2D eigenvalue weighted by Gasteiger charge is -2.14. The van der Waals surface area contributed by atoms with Crippen LogP contribution in [-0.2, 0) is 6.42 Å². The molecule has 1 unspecified atom stereocenters. The molecule has 0 aliphatic carbocycles. The maximum absolute atomic E-state index is 11.0. The highest BCUT2D eigenvalue weighted by Gasteiger charge is 2.10. The van der Waals surface area contributed by atoms with E-state index in [0.717, 1.165) is 6.42 Å². The zero-order valence-corrected chi connectivity index (χ0v) is 12.7. The van der Waals surface area contributed by atoms with Crippen molar-refractivity contribution in [3.63, 3.8) is 0 Å². The van der Waals surface area contributed by atoms with E-state index in [1.54, 1.807) is 35.6 Å². The average molecular weight is 305 g/mol. The standard InChI is InChI=1S/C16H19NO3S/c1-12(11-13-5-4-10-21-13)17-8-9-20-15-7-3-2-6-14(15)16(18)19/h2-7,10,12,17H,8-9,11H2,1H3,(H,18,19). The molecule has 0 radical (unpaired) electrons. The number of aromatic carboxylic acids is 1. The third-order valence-corrected chi connectivity index (χ3v) is 3.96. The van der Waals surface area contributed by atoms with Crippen LogP contribution in [0.25, 0.3) is 0 Å². The fraction of sp³-hybridized carbons (Fsp3) is 0.312. The Morgan fingerprint density at radius 3 is 2.86 bits per heavy atom. The van der Waals surface area contributed by atoms with Crippen LogP contribution in [0.5, 0.6) is 5.75 Å². The Kier molecular flexibility index (Phi) is 5.78. The van der Waals surface area contributed by atoms with Gasteiger partial charge in [-0.15, -0.1) is 11.3 Å². The number of ether oxygens (including phenoxy) is 1. The third-order valence-electron chi connectivity index (χ3n) is 3.06. The van der Waals surface area contributed by atoms with E-state index in [1.165, 1.54) is 4.88 Å². The van der Waals surface area contributed by atoms with Crippen LogP contribution in [0.4, 0.5) is 0 Å². The molecule has 112 valence electrons. The topological polar surface area (TPSA) is 58.6 Å². The van der Waals surface area contributed by atoms with Gasteiger partial charge in [-0.2, -0.15) is 0 Å². The van der Waals surface area contributed by atoms with Gasteiger partial charge in [0.05, 0.1) is 0 Å². The SMILES string of the molecule is CC(Cc1cccs1)NCCOc1ccccc1C(=O)O. The smallest absolute Gasteiger partial charge is 0.339 e. The first kappa shape index (κ1) is 15.5. The van der Waals surface area contributed by atoms with Gasteiger partial charge in [-0.3, -0.25) is 0 Å². The molecule has 0 fully saturated rings. The van der Waals surface area contributed by atoms with Gasteiger partial charge in [0.1, 0.15) is 17.9 Å². The van der Waals surface area contributed by atoms with Crippen LogP contribution in [0.1, 0.15) is 22.2 Å². The number of thiophene rings is 1. The van der Waals surface area contributed by atoms with Crippen molar-refractivity contribution in [1.29, 1.82) is 0 Å². The van der Waals surface area contributed by atoms with Crippen LogP contribution < -0.4 is 10.1 Å². The Labute approximate surface area is 128 Å². The molecule has 1 atom stereocenters. The van der Waals surface area contributed by atoms with Gasteiger partial charge in [0.2, 0.25) is 0 Å². The second-order valence-electron chi connectivity index (χ2n) is 4.79. The Bertz CT molecular complexity index is 569. The predicted octanol–water partition coefficient (Wildman–Crippen LogP) is 3.05. The monoisotopic (exact) mass is 305 g/mol. The van der Waals surface area contributed by atoms with Gasteiger partial charge in [0.15, 0.2) is 0 Å². The van der Waals surface area contributed by atoms with Crippen molar-refractivity contribution in [2.24, 2.45) is 0 Å². The Balaban J connectivity index is 1.73. The molecule has 2 aromatic rings. The molecular formula is C16H19NO3S. The third kappa shape index (κ3) is 4.88. The van der Waals surface area contributed by atoms with E-state index in [0.29, 0.717) is 24.9 Å². The maximum atomic E-state index is 11.0. The second-order valence-corrected chi connectivity index (χ2v) is 5.82. The molecule has 5 heteroatoms. The lowest BCUT2D eigenvalue weighted by molar-refractivity contribution is 0.0692. The lowest BCUT2D eigenvalue weighted by Crippen LogP contribution is -2.31. The number of hydrogen-bond donors (Lipinski definition) is 2. The Morgan fingerprint density at radius 1 is 1.33 bits per heavy atom. The molecule has 0 amide bonds. The molecule has 4 nitrogen and oxygen atoms in total. The molecule has 0 spiro atoms. The molecule has 2 N–H and O–H groups in total. The van der Waals surface area contributed by atoms with Crippen molar-refractivity contribution in [1.82, 2.24) is 5.32 Å². The molecule has 21 heavy (non-hydrogen) atoms. The van der Waals surface area contributed by atoms with E-state index < -0.39 is 5.97 Å². The van der Waals surface area contributed by atoms with Crippen molar-refractivity contribution in [2.45, 2.75) is 19.4 Å². The first-order valence-corrected chi connectivity index (χ1v) is 7.75. The van der Waals surface area contributed by atoms with E-state index in [2.05, 4.69) is 29.8 Å². The van der Waals surface area contributed by atoms with Crippen LogP contribution in [0.15, 0.2) is 41.8 Å². The first-order valence-electron chi connectivity index (χ1n) is 6.87. The minimum atomic E-state index is -0.968. The average Bonchev–Trinajstić information content (AvgIpc) is 2.96. The highest BCUT2D eigenvalue weighted by molar-refractivity contribution is 7.09. The number of carbonyl (C=O) groups is 1. The van der Waals surface area contributed by atoms with E-state index >= 15 is 0 Å². The highest BCUT2D eigenvalue weighted by atomic mass is 32.1. The Hall–Kier alpha value is -1.85. The number of hydrogen-bond acceptors (Lipinski definition) is 4. The van der Waals surface area contributed by atoms with Gasteiger partial charge in [0.25, 0.3) is 0 Å². The van der Waals surface area contributed by atoms with Crippen LogP contribution in [0.2, 0.25) is 0 Å². The summed E-state index contributed by atoms with van der Waals surface area (Å²) in [6.07, 6.45) is 0.989. The van der Waals surface area contributed by atoms with Crippen LogP contribution >= 0.6 is 11.3 Å². The number of rotatable bonds is 8. The molecule has 0 saturated carbocycles. The molecule has 0 bridgehead atoms. The zero-order valence-electron chi connectivity index (χ0n) is 11.9. The van der Waals surface area contributed by atoms with Gasteiger partial charge >= 0.3 is 5.97 Å². The molecule has 0 aliphatic rings. The first-order chi connectivity index (χ1) is 10.2. The summed E-state index contributed by atoms with van der Waals surface area (Å²) in [6.45, 7) is 3.25. The summed E-state index contributed by atoms with van der Waals surface area (Å²) in [6, 6.07) is 11.2. The van der Waals surface area contributed by atoms with E-state index in [9.17, 15) is 4.79 Å². The molecule has 1 heterocycles. The summed E-state index contributed by atoms with van der Waals surface area (Å²) < 4.78 is 5.54. The zero-order chi connectivity index (χ0) is 15.1. The van der Waals surface area contributed by atoms with E-state index in [1.807, 2.05) is 0 Å². The summed E-state index contributed by atoms with van der Waals surface area (Å²) in [5, 5.41) is 14.5. The van der Waals surface area contributed by atoms with Gasteiger partial charge < -0.3 is 15.2 Å².